The number of aromatic nitrogens is 2. The third-order valence-electron chi connectivity index (χ3n) is 5.78. The standard InChI is InChI=1S/C22H20F4N4O2/c1-12-7-8-30(12)10-18(13-5-6-17(23)16(9-13)22(24,25)26)29-20-14-3-2-4-15(21(31)32)19(14)27-11-28-20/h2-6,9,11-12,18H,7-8,10H2,1H3,(H,31,32)(H,27,28,29)/t12-,18?/m0/s1. The lowest BCUT2D eigenvalue weighted by Gasteiger charge is -2.41. The van der Waals surface area contributed by atoms with E-state index in [1.54, 1.807) is 12.1 Å². The van der Waals surface area contributed by atoms with Gasteiger partial charge in [0.1, 0.15) is 18.0 Å². The number of rotatable bonds is 6. The number of fused-ring (bicyclic) bond motifs is 1. The molecule has 32 heavy (non-hydrogen) atoms. The van der Waals surface area contributed by atoms with Gasteiger partial charge < -0.3 is 10.4 Å². The molecule has 2 heterocycles. The SMILES string of the molecule is C[C@H]1CCN1CC(Nc1ncnc2c(C(=O)O)cccc12)c1ccc(F)c(C(F)(F)F)c1. The van der Waals surface area contributed by atoms with Gasteiger partial charge in [0.15, 0.2) is 0 Å². The molecule has 1 aliphatic rings. The molecule has 0 bridgehead atoms. The quantitative estimate of drug-likeness (QED) is 0.531. The number of hydrogen-bond acceptors (Lipinski definition) is 5. The number of halogens is 4. The van der Waals surface area contributed by atoms with Gasteiger partial charge in [0.25, 0.3) is 0 Å². The maximum absolute atomic E-state index is 13.9. The van der Waals surface area contributed by atoms with E-state index in [1.165, 1.54) is 18.5 Å². The first-order chi connectivity index (χ1) is 15.1. The largest absolute Gasteiger partial charge is 0.478 e. The minimum absolute atomic E-state index is 0.0120. The number of hydrogen-bond donors (Lipinski definition) is 2. The summed E-state index contributed by atoms with van der Waals surface area (Å²) >= 11 is 0. The van der Waals surface area contributed by atoms with Gasteiger partial charge in [-0.15, -0.1) is 0 Å². The summed E-state index contributed by atoms with van der Waals surface area (Å²) in [5.74, 6) is -2.20. The van der Waals surface area contributed by atoms with Crippen molar-refractivity contribution in [1.29, 1.82) is 0 Å². The van der Waals surface area contributed by atoms with Gasteiger partial charge in [-0.2, -0.15) is 13.2 Å². The Bertz CT molecular complexity index is 1170. The minimum atomic E-state index is -4.83. The highest BCUT2D eigenvalue weighted by Gasteiger charge is 2.35. The maximum Gasteiger partial charge on any atom is 0.419 e. The molecule has 2 N–H and O–H groups in total. The van der Waals surface area contributed by atoms with E-state index in [0.717, 1.165) is 25.1 Å². The van der Waals surface area contributed by atoms with Crippen LogP contribution in [0, 0.1) is 5.82 Å². The van der Waals surface area contributed by atoms with Gasteiger partial charge in [-0.25, -0.2) is 19.2 Å². The summed E-state index contributed by atoms with van der Waals surface area (Å²) in [4.78, 5) is 21.9. The number of alkyl halides is 3. The lowest BCUT2D eigenvalue weighted by atomic mass is 9.98. The number of aromatic carboxylic acids is 1. The van der Waals surface area contributed by atoms with E-state index in [4.69, 9.17) is 0 Å². The van der Waals surface area contributed by atoms with Gasteiger partial charge in [-0.1, -0.05) is 12.1 Å². The summed E-state index contributed by atoms with van der Waals surface area (Å²) in [6.07, 6.45) is -2.65. The Hall–Kier alpha value is -3.27. The van der Waals surface area contributed by atoms with Crippen LogP contribution in [0.4, 0.5) is 23.4 Å². The summed E-state index contributed by atoms with van der Waals surface area (Å²) in [6.45, 7) is 3.18. The molecule has 6 nitrogen and oxygen atoms in total. The average Bonchev–Trinajstić information content (AvgIpc) is 2.74. The molecule has 1 aromatic heterocycles. The molecule has 168 valence electrons. The van der Waals surface area contributed by atoms with E-state index in [1.807, 2.05) is 6.92 Å². The van der Waals surface area contributed by atoms with Crippen LogP contribution in [0.3, 0.4) is 0 Å². The number of carboxylic acids is 1. The van der Waals surface area contributed by atoms with Gasteiger partial charge in [-0.05, 0) is 49.7 Å². The second kappa shape index (κ2) is 8.34. The molecule has 0 radical (unpaired) electrons. The Morgan fingerprint density at radius 2 is 2.06 bits per heavy atom. The minimum Gasteiger partial charge on any atom is -0.478 e. The number of likely N-dealkylation sites (tertiary alicyclic amines) is 1. The van der Waals surface area contributed by atoms with Crippen LogP contribution < -0.4 is 5.32 Å². The molecule has 1 fully saturated rings. The number of anilines is 1. The first-order valence-corrected chi connectivity index (χ1v) is 9.99. The van der Waals surface area contributed by atoms with Gasteiger partial charge in [-0.3, -0.25) is 4.90 Å². The van der Waals surface area contributed by atoms with Gasteiger partial charge >= 0.3 is 12.1 Å². The Labute approximate surface area is 180 Å². The zero-order valence-corrected chi connectivity index (χ0v) is 17.0. The van der Waals surface area contributed by atoms with Crippen molar-refractivity contribution < 1.29 is 27.5 Å². The van der Waals surface area contributed by atoms with Crippen LogP contribution in [0.1, 0.15) is 40.9 Å². The molecule has 4 rings (SSSR count). The molecule has 0 saturated carbocycles. The number of nitrogens with zero attached hydrogens (tertiary/aromatic N) is 3. The lowest BCUT2D eigenvalue weighted by molar-refractivity contribution is -0.140. The summed E-state index contributed by atoms with van der Waals surface area (Å²) in [5, 5.41) is 13.0. The van der Waals surface area contributed by atoms with Crippen LogP contribution in [-0.2, 0) is 6.18 Å². The Kier molecular flexibility index (Phi) is 5.72. The molecule has 1 saturated heterocycles. The second-order valence-electron chi connectivity index (χ2n) is 7.80. The maximum atomic E-state index is 13.9. The lowest BCUT2D eigenvalue weighted by Crippen LogP contribution is -2.48. The molecule has 3 aromatic rings. The van der Waals surface area contributed by atoms with E-state index < -0.39 is 29.6 Å². The van der Waals surface area contributed by atoms with Crippen molar-refractivity contribution in [3.63, 3.8) is 0 Å². The normalized spacial score (nSPS) is 17.7. The Balaban J connectivity index is 1.76. The summed E-state index contributed by atoms with van der Waals surface area (Å²) < 4.78 is 53.8. The van der Waals surface area contributed by atoms with Gasteiger partial charge in [0.2, 0.25) is 0 Å². The molecule has 2 aromatic carbocycles. The first-order valence-electron chi connectivity index (χ1n) is 9.99. The van der Waals surface area contributed by atoms with Crippen LogP contribution in [0.25, 0.3) is 10.9 Å². The van der Waals surface area contributed by atoms with Crippen LogP contribution in [0.15, 0.2) is 42.7 Å². The van der Waals surface area contributed by atoms with Crippen molar-refractivity contribution in [3.8, 4) is 0 Å². The molecule has 10 heteroatoms. The van der Waals surface area contributed by atoms with Crippen LogP contribution in [0.5, 0.6) is 0 Å². The zero-order valence-electron chi connectivity index (χ0n) is 17.0. The monoisotopic (exact) mass is 448 g/mol. The highest BCUT2D eigenvalue weighted by atomic mass is 19.4. The van der Waals surface area contributed by atoms with Crippen molar-refractivity contribution in [2.45, 2.75) is 31.6 Å². The third-order valence-corrected chi connectivity index (χ3v) is 5.78. The van der Waals surface area contributed by atoms with Crippen LogP contribution in [0.2, 0.25) is 0 Å². The summed E-state index contributed by atoms with van der Waals surface area (Å²) in [6, 6.07) is 7.16. The average molecular weight is 448 g/mol. The smallest absolute Gasteiger partial charge is 0.419 e. The fourth-order valence-corrected chi connectivity index (χ4v) is 3.83. The Morgan fingerprint density at radius 3 is 2.69 bits per heavy atom. The summed E-state index contributed by atoms with van der Waals surface area (Å²) in [5.41, 5.74) is -0.885. The van der Waals surface area contributed by atoms with E-state index in [9.17, 15) is 27.5 Å². The number of para-hydroxylation sites is 1. The molecular formula is C22H20F4N4O2. The molecule has 0 spiro atoms. The van der Waals surface area contributed by atoms with E-state index in [2.05, 4.69) is 20.2 Å². The predicted octanol–water partition coefficient (Wildman–Crippen LogP) is 4.73. The molecule has 2 atom stereocenters. The number of carboxylic acid groups (broad SMARTS) is 1. The third kappa shape index (κ3) is 4.22. The molecular weight excluding hydrogens is 428 g/mol. The molecule has 1 aliphatic heterocycles. The molecule has 0 amide bonds. The second-order valence-corrected chi connectivity index (χ2v) is 7.80. The summed E-state index contributed by atoms with van der Waals surface area (Å²) in [7, 11) is 0. The number of benzene rings is 2. The van der Waals surface area contributed by atoms with Crippen LogP contribution >= 0.6 is 0 Å². The highest BCUT2D eigenvalue weighted by Crippen LogP contribution is 2.35. The van der Waals surface area contributed by atoms with Crippen molar-refractivity contribution in [3.05, 3.63) is 65.2 Å². The topological polar surface area (TPSA) is 78.3 Å². The van der Waals surface area contributed by atoms with Gasteiger partial charge in [0.05, 0.1) is 22.7 Å². The fourth-order valence-electron chi connectivity index (χ4n) is 3.83. The zero-order chi connectivity index (χ0) is 23.0. The van der Waals surface area contributed by atoms with Crippen molar-refractivity contribution in [2.75, 3.05) is 18.4 Å². The molecule has 1 unspecified atom stereocenters. The van der Waals surface area contributed by atoms with Crippen molar-refractivity contribution in [2.24, 2.45) is 0 Å². The van der Waals surface area contributed by atoms with Gasteiger partial charge in [0, 0.05) is 18.0 Å². The van der Waals surface area contributed by atoms with E-state index >= 15 is 0 Å². The first kappa shape index (κ1) is 21.9. The Morgan fingerprint density at radius 1 is 1.28 bits per heavy atom. The predicted molar refractivity (Wildman–Crippen MR) is 110 cm³/mol. The fraction of sp³-hybridized carbons (Fsp3) is 0.318. The van der Waals surface area contributed by atoms with Crippen LogP contribution in [-0.4, -0.2) is 45.1 Å². The van der Waals surface area contributed by atoms with E-state index in [0.29, 0.717) is 11.9 Å². The highest BCUT2D eigenvalue weighted by molar-refractivity contribution is 6.04. The number of carbonyl (C=O) groups is 1. The van der Waals surface area contributed by atoms with E-state index in [-0.39, 0.29) is 28.5 Å². The van der Waals surface area contributed by atoms with Crippen molar-refractivity contribution in [1.82, 2.24) is 14.9 Å². The van der Waals surface area contributed by atoms with Crippen molar-refractivity contribution >= 4 is 22.7 Å². The number of nitrogens with one attached hydrogen (secondary N) is 1. The molecule has 0 aliphatic carbocycles.